The number of rotatable bonds is 4. The first-order chi connectivity index (χ1) is 13.3. The predicted octanol–water partition coefficient (Wildman–Crippen LogP) is 2.08. The van der Waals surface area contributed by atoms with E-state index in [-0.39, 0.29) is 16.9 Å². The molecule has 28 heavy (non-hydrogen) atoms. The number of piperidine rings is 1. The molecule has 1 amide bonds. The van der Waals surface area contributed by atoms with Gasteiger partial charge in [-0.05, 0) is 36.8 Å². The van der Waals surface area contributed by atoms with Gasteiger partial charge >= 0.3 is 0 Å². The van der Waals surface area contributed by atoms with Crippen LogP contribution in [0, 0.1) is 6.92 Å². The van der Waals surface area contributed by atoms with E-state index in [4.69, 9.17) is 9.72 Å². The summed E-state index contributed by atoms with van der Waals surface area (Å²) in [6, 6.07) is 8.56. The summed E-state index contributed by atoms with van der Waals surface area (Å²) in [6.45, 7) is 4.06. The highest BCUT2D eigenvalue weighted by Gasteiger charge is 2.26. The summed E-state index contributed by atoms with van der Waals surface area (Å²) < 4.78 is 29.5. The zero-order valence-corrected chi connectivity index (χ0v) is 16.8. The lowest BCUT2D eigenvalue weighted by Gasteiger charge is -2.34. The minimum absolute atomic E-state index is 0.0315. The van der Waals surface area contributed by atoms with Crippen molar-refractivity contribution in [2.45, 2.75) is 37.3 Å². The third kappa shape index (κ3) is 3.69. The Labute approximate surface area is 164 Å². The highest BCUT2D eigenvalue weighted by Crippen LogP contribution is 2.28. The van der Waals surface area contributed by atoms with E-state index in [1.807, 2.05) is 13.0 Å². The number of sulfone groups is 1. The Hall–Kier alpha value is -2.61. The fraction of sp³-hybridized carbons (Fsp3) is 0.400. The number of anilines is 1. The number of amides is 1. The molecular formula is C20H23N3O4S. The van der Waals surface area contributed by atoms with Crippen molar-refractivity contribution < 1.29 is 17.9 Å². The van der Waals surface area contributed by atoms with E-state index in [2.05, 4.69) is 10.2 Å². The summed E-state index contributed by atoms with van der Waals surface area (Å²) in [5, 5.41) is 2.81. The average molecular weight is 401 g/mol. The van der Waals surface area contributed by atoms with Gasteiger partial charge in [0.25, 0.3) is 5.91 Å². The molecule has 2 aromatic rings. The lowest BCUT2D eigenvalue weighted by atomic mass is 10.1. The molecule has 0 atom stereocenters. The number of carbonyl (C=O) groups excluding carboxylic acids is 1. The normalized spacial score (nSPS) is 17.4. The van der Waals surface area contributed by atoms with Crippen molar-refractivity contribution in [2.75, 3.05) is 24.2 Å². The van der Waals surface area contributed by atoms with Crippen LogP contribution in [-0.4, -0.2) is 44.8 Å². The van der Waals surface area contributed by atoms with Gasteiger partial charge in [0.1, 0.15) is 17.7 Å². The number of hydrogen-bond donors (Lipinski definition) is 1. The molecule has 0 aliphatic carbocycles. The quantitative estimate of drug-likeness (QED) is 0.844. The number of carbonyl (C=O) groups is 1. The van der Waals surface area contributed by atoms with Crippen LogP contribution in [0.25, 0.3) is 0 Å². The second kappa shape index (κ2) is 7.09. The summed E-state index contributed by atoms with van der Waals surface area (Å²) >= 11 is 0. The number of pyridine rings is 1. The van der Waals surface area contributed by atoms with Crippen LogP contribution in [0.15, 0.2) is 35.2 Å². The standard InChI is InChI=1S/C20H23N3O4S/c1-13-10-17-18(12-21-20(17)24)22-19(13)23-8-6-14(7-9-23)27-15-4-3-5-16(11-15)28(2,25)26/h3-5,10-11,14H,6-9,12H2,1-2H3,(H,21,24). The Kier molecular flexibility index (Phi) is 4.74. The molecule has 148 valence electrons. The smallest absolute Gasteiger partial charge is 0.253 e. The van der Waals surface area contributed by atoms with Crippen LogP contribution in [-0.2, 0) is 16.4 Å². The monoisotopic (exact) mass is 401 g/mol. The van der Waals surface area contributed by atoms with Crippen molar-refractivity contribution in [1.82, 2.24) is 10.3 Å². The second-order valence-corrected chi connectivity index (χ2v) is 9.37. The molecule has 0 unspecified atom stereocenters. The Morgan fingerprint density at radius 2 is 1.96 bits per heavy atom. The van der Waals surface area contributed by atoms with Crippen molar-refractivity contribution in [2.24, 2.45) is 0 Å². The predicted molar refractivity (Wildman–Crippen MR) is 106 cm³/mol. The van der Waals surface area contributed by atoms with Gasteiger partial charge in [-0.2, -0.15) is 0 Å². The minimum Gasteiger partial charge on any atom is -0.490 e. The van der Waals surface area contributed by atoms with Crippen molar-refractivity contribution >= 4 is 21.6 Å². The van der Waals surface area contributed by atoms with E-state index < -0.39 is 9.84 Å². The van der Waals surface area contributed by atoms with E-state index in [1.165, 1.54) is 6.26 Å². The molecule has 0 saturated carbocycles. The van der Waals surface area contributed by atoms with Crippen LogP contribution in [0.2, 0.25) is 0 Å². The summed E-state index contributed by atoms with van der Waals surface area (Å²) in [5.41, 5.74) is 2.47. The molecule has 1 N–H and O–H groups in total. The molecular weight excluding hydrogens is 378 g/mol. The van der Waals surface area contributed by atoms with Crippen molar-refractivity contribution in [3.63, 3.8) is 0 Å². The van der Waals surface area contributed by atoms with Gasteiger partial charge in [0.15, 0.2) is 9.84 Å². The van der Waals surface area contributed by atoms with E-state index in [0.29, 0.717) is 17.9 Å². The summed E-state index contributed by atoms with van der Waals surface area (Å²) in [4.78, 5) is 19.0. The molecule has 1 aromatic heterocycles. The van der Waals surface area contributed by atoms with E-state index in [9.17, 15) is 13.2 Å². The lowest BCUT2D eigenvalue weighted by molar-refractivity contribution is 0.0965. The number of benzene rings is 1. The third-order valence-electron chi connectivity index (χ3n) is 5.20. The van der Waals surface area contributed by atoms with Crippen LogP contribution >= 0.6 is 0 Å². The van der Waals surface area contributed by atoms with Crippen LogP contribution in [0.4, 0.5) is 5.82 Å². The number of aromatic nitrogens is 1. The number of ether oxygens (including phenoxy) is 1. The van der Waals surface area contributed by atoms with Gasteiger partial charge in [0.2, 0.25) is 0 Å². The molecule has 8 heteroatoms. The molecule has 1 saturated heterocycles. The van der Waals surface area contributed by atoms with Gasteiger partial charge in [0.05, 0.1) is 22.7 Å². The zero-order valence-electron chi connectivity index (χ0n) is 15.9. The Balaban J connectivity index is 1.43. The highest BCUT2D eigenvalue weighted by atomic mass is 32.2. The van der Waals surface area contributed by atoms with Gasteiger partial charge in [-0.1, -0.05) is 6.07 Å². The molecule has 3 heterocycles. The van der Waals surface area contributed by atoms with Gasteiger partial charge in [-0.3, -0.25) is 4.79 Å². The Morgan fingerprint density at radius 3 is 2.68 bits per heavy atom. The fourth-order valence-electron chi connectivity index (χ4n) is 3.71. The van der Waals surface area contributed by atoms with Crippen LogP contribution < -0.4 is 15.0 Å². The second-order valence-electron chi connectivity index (χ2n) is 7.36. The molecule has 4 rings (SSSR count). The van der Waals surface area contributed by atoms with Crippen LogP contribution in [0.5, 0.6) is 5.75 Å². The first-order valence-corrected chi connectivity index (χ1v) is 11.2. The van der Waals surface area contributed by atoms with Crippen LogP contribution in [0.1, 0.15) is 34.5 Å². The summed E-state index contributed by atoms with van der Waals surface area (Å²) in [5.74, 6) is 1.45. The van der Waals surface area contributed by atoms with E-state index in [1.54, 1.807) is 24.3 Å². The maximum Gasteiger partial charge on any atom is 0.253 e. The zero-order chi connectivity index (χ0) is 19.9. The SMILES string of the molecule is Cc1cc2c(nc1N1CCC(Oc3cccc(S(C)(=O)=O)c3)CC1)CNC2=O. The van der Waals surface area contributed by atoms with Gasteiger partial charge in [0, 0.05) is 32.2 Å². The first-order valence-electron chi connectivity index (χ1n) is 9.32. The molecule has 2 aliphatic rings. The van der Waals surface area contributed by atoms with Gasteiger partial charge in [-0.25, -0.2) is 13.4 Å². The Bertz CT molecular complexity index is 1030. The average Bonchev–Trinajstić information content (AvgIpc) is 3.01. The lowest BCUT2D eigenvalue weighted by Crippen LogP contribution is -2.39. The number of nitrogens with one attached hydrogen (secondary N) is 1. The van der Waals surface area contributed by atoms with Crippen molar-refractivity contribution in [3.05, 3.63) is 47.2 Å². The maximum atomic E-state index is 11.8. The number of fused-ring (bicyclic) bond motifs is 1. The molecule has 0 bridgehead atoms. The number of aryl methyl sites for hydroxylation is 1. The van der Waals surface area contributed by atoms with Crippen molar-refractivity contribution in [1.29, 1.82) is 0 Å². The minimum atomic E-state index is -3.25. The fourth-order valence-corrected chi connectivity index (χ4v) is 4.36. The molecule has 1 aromatic carbocycles. The van der Waals surface area contributed by atoms with Gasteiger partial charge < -0.3 is 15.0 Å². The van der Waals surface area contributed by atoms with Gasteiger partial charge in [-0.15, -0.1) is 0 Å². The number of nitrogens with zero attached hydrogens (tertiary/aromatic N) is 2. The van der Waals surface area contributed by atoms with Crippen LogP contribution in [0.3, 0.4) is 0 Å². The molecule has 2 aliphatic heterocycles. The Morgan fingerprint density at radius 1 is 1.21 bits per heavy atom. The first kappa shape index (κ1) is 18.7. The molecule has 0 radical (unpaired) electrons. The summed E-state index contributed by atoms with van der Waals surface area (Å²) in [6.07, 6.45) is 2.86. The largest absolute Gasteiger partial charge is 0.490 e. The van der Waals surface area contributed by atoms with Crippen molar-refractivity contribution in [3.8, 4) is 5.75 Å². The number of hydrogen-bond acceptors (Lipinski definition) is 6. The van der Waals surface area contributed by atoms with E-state index in [0.717, 1.165) is 43.0 Å². The topological polar surface area (TPSA) is 88.6 Å². The highest BCUT2D eigenvalue weighted by molar-refractivity contribution is 7.90. The summed E-state index contributed by atoms with van der Waals surface area (Å²) in [7, 11) is -3.25. The molecule has 7 nitrogen and oxygen atoms in total. The maximum absolute atomic E-state index is 11.8. The van der Waals surface area contributed by atoms with E-state index >= 15 is 0 Å². The third-order valence-corrected chi connectivity index (χ3v) is 6.31. The molecule has 1 fully saturated rings. The molecule has 0 spiro atoms.